The maximum Gasteiger partial charge on any atom is 0.289 e. The van der Waals surface area contributed by atoms with Crippen molar-refractivity contribution in [1.29, 1.82) is 0 Å². The fourth-order valence-electron chi connectivity index (χ4n) is 2.36. The summed E-state index contributed by atoms with van der Waals surface area (Å²) in [5.74, 6) is -0.0286. The molecule has 0 saturated carbocycles. The molecule has 0 aliphatic rings. The van der Waals surface area contributed by atoms with Gasteiger partial charge in [-0.2, -0.15) is 5.10 Å². The minimum Gasteiger partial charge on any atom is -0.438 e. The van der Waals surface area contributed by atoms with E-state index >= 15 is 0 Å². The summed E-state index contributed by atoms with van der Waals surface area (Å²) in [6, 6.07) is 9.66. The van der Waals surface area contributed by atoms with Crippen LogP contribution in [0.2, 0.25) is 0 Å². The minimum absolute atomic E-state index is 0.155. The van der Waals surface area contributed by atoms with Gasteiger partial charge in [0, 0.05) is 6.54 Å². The average Bonchev–Trinajstić information content (AvgIpc) is 3.23. The van der Waals surface area contributed by atoms with Crippen molar-refractivity contribution >= 4 is 5.91 Å². The first-order valence-corrected chi connectivity index (χ1v) is 7.32. The van der Waals surface area contributed by atoms with E-state index in [0.29, 0.717) is 18.7 Å². The lowest BCUT2D eigenvalue weighted by atomic mass is 10.0. The van der Waals surface area contributed by atoms with E-state index in [2.05, 4.69) is 20.4 Å². The van der Waals surface area contributed by atoms with Gasteiger partial charge >= 0.3 is 0 Å². The van der Waals surface area contributed by atoms with E-state index in [1.807, 2.05) is 30.3 Å². The molecule has 3 aromatic rings. The summed E-state index contributed by atoms with van der Waals surface area (Å²) in [5.41, 5.74) is 1.60. The van der Waals surface area contributed by atoms with E-state index in [9.17, 15) is 4.79 Å². The second-order valence-electron chi connectivity index (χ2n) is 5.15. The van der Waals surface area contributed by atoms with E-state index in [-0.39, 0.29) is 17.7 Å². The number of nitrogens with one attached hydrogen (secondary N) is 1. The lowest BCUT2D eigenvalue weighted by Crippen LogP contribution is -2.29. The molecule has 1 unspecified atom stereocenters. The van der Waals surface area contributed by atoms with Crippen LogP contribution in [0.4, 0.5) is 0 Å². The Morgan fingerprint density at radius 2 is 2.17 bits per heavy atom. The van der Waals surface area contributed by atoms with Gasteiger partial charge in [-0.15, -0.1) is 0 Å². The highest BCUT2D eigenvalue weighted by atomic mass is 16.3. The molecular formula is C16H17N5O2. The molecule has 7 heteroatoms. The molecule has 2 heterocycles. The van der Waals surface area contributed by atoms with Crippen LogP contribution in [0.5, 0.6) is 0 Å². The van der Waals surface area contributed by atoms with E-state index in [4.69, 9.17) is 4.42 Å². The van der Waals surface area contributed by atoms with Gasteiger partial charge in [0.2, 0.25) is 5.76 Å². The fraction of sp³-hybridized carbons (Fsp3) is 0.250. The largest absolute Gasteiger partial charge is 0.438 e. The van der Waals surface area contributed by atoms with Gasteiger partial charge in [0.05, 0.1) is 11.7 Å². The lowest BCUT2D eigenvalue weighted by molar-refractivity contribution is 0.0904. The van der Waals surface area contributed by atoms with E-state index < -0.39 is 0 Å². The zero-order valence-electron chi connectivity index (χ0n) is 12.7. The first-order chi connectivity index (χ1) is 11.2. The number of aryl methyl sites for hydroxylation is 2. The number of aromatic nitrogens is 4. The molecular weight excluding hydrogens is 294 g/mol. The molecule has 1 amide bonds. The number of rotatable bonds is 6. The molecule has 1 N–H and O–H groups in total. The molecule has 0 aliphatic heterocycles. The molecule has 0 aliphatic carbocycles. The molecule has 118 valence electrons. The van der Waals surface area contributed by atoms with Crippen LogP contribution in [0.15, 0.2) is 53.8 Å². The van der Waals surface area contributed by atoms with E-state index in [1.54, 1.807) is 17.9 Å². The molecule has 7 nitrogen and oxygen atoms in total. The van der Waals surface area contributed by atoms with Crippen molar-refractivity contribution in [3.8, 4) is 0 Å². The second-order valence-corrected chi connectivity index (χ2v) is 5.15. The van der Waals surface area contributed by atoms with Gasteiger partial charge in [-0.3, -0.25) is 9.48 Å². The van der Waals surface area contributed by atoms with Crippen LogP contribution >= 0.6 is 0 Å². The number of amides is 1. The Hall–Kier alpha value is -2.96. The summed E-state index contributed by atoms with van der Waals surface area (Å²) in [4.78, 5) is 20.3. The Morgan fingerprint density at radius 1 is 1.35 bits per heavy atom. The minimum atomic E-state index is -0.271. The van der Waals surface area contributed by atoms with Crippen molar-refractivity contribution in [2.45, 2.75) is 25.9 Å². The van der Waals surface area contributed by atoms with Gasteiger partial charge < -0.3 is 9.73 Å². The van der Waals surface area contributed by atoms with Crippen LogP contribution in [-0.2, 0) is 6.54 Å². The number of carbonyl (C=O) groups excluding carboxylic acids is 1. The average molecular weight is 311 g/mol. The van der Waals surface area contributed by atoms with E-state index in [0.717, 1.165) is 5.56 Å². The lowest BCUT2D eigenvalue weighted by Gasteiger charge is -2.18. The predicted molar refractivity (Wildman–Crippen MR) is 82.5 cm³/mol. The molecule has 0 fully saturated rings. The van der Waals surface area contributed by atoms with Crippen molar-refractivity contribution in [2.75, 3.05) is 0 Å². The topological polar surface area (TPSA) is 85.8 Å². The highest BCUT2D eigenvalue weighted by Gasteiger charge is 2.19. The molecule has 0 radical (unpaired) electrons. The van der Waals surface area contributed by atoms with Crippen molar-refractivity contribution in [3.63, 3.8) is 0 Å². The summed E-state index contributed by atoms with van der Waals surface area (Å²) in [6.07, 6.45) is 5.11. The fourth-order valence-corrected chi connectivity index (χ4v) is 2.36. The van der Waals surface area contributed by atoms with Crippen LogP contribution in [0.3, 0.4) is 0 Å². The van der Waals surface area contributed by atoms with Gasteiger partial charge in [-0.05, 0) is 18.9 Å². The van der Waals surface area contributed by atoms with Crippen molar-refractivity contribution in [3.05, 3.63) is 66.4 Å². The Labute approximate surface area is 133 Å². The SMILES string of the molecule is Cc1ncoc1C(=O)NC(CCn1cncn1)c1ccccc1. The normalized spacial score (nSPS) is 12.0. The summed E-state index contributed by atoms with van der Waals surface area (Å²) in [7, 11) is 0. The third-order valence-electron chi connectivity index (χ3n) is 3.57. The number of nitrogens with zero attached hydrogens (tertiary/aromatic N) is 4. The van der Waals surface area contributed by atoms with Crippen LogP contribution in [0.1, 0.15) is 34.3 Å². The number of carbonyl (C=O) groups is 1. The van der Waals surface area contributed by atoms with Crippen LogP contribution in [0.25, 0.3) is 0 Å². The summed E-state index contributed by atoms with van der Waals surface area (Å²) >= 11 is 0. The third-order valence-corrected chi connectivity index (χ3v) is 3.57. The second kappa shape index (κ2) is 6.87. The van der Waals surface area contributed by atoms with E-state index in [1.165, 1.54) is 12.7 Å². The molecule has 0 spiro atoms. The van der Waals surface area contributed by atoms with Crippen LogP contribution in [0, 0.1) is 6.92 Å². The summed E-state index contributed by atoms with van der Waals surface area (Å²) < 4.78 is 6.90. The zero-order valence-corrected chi connectivity index (χ0v) is 12.7. The Kier molecular flexibility index (Phi) is 4.46. The molecule has 1 aromatic carbocycles. The maximum atomic E-state index is 12.4. The predicted octanol–water partition coefficient (Wildman–Crippen LogP) is 2.14. The van der Waals surface area contributed by atoms with Crippen molar-refractivity contribution in [2.24, 2.45) is 0 Å². The Balaban J connectivity index is 1.75. The maximum absolute atomic E-state index is 12.4. The van der Waals surface area contributed by atoms with Crippen LogP contribution in [-0.4, -0.2) is 25.7 Å². The van der Waals surface area contributed by atoms with Crippen LogP contribution < -0.4 is 5.32 Å². The molecule has 23 heavy (non-hydrogen) atoms. The van der Waals surface area contributed by atoms with Gasteiger partial charge in [0.25, 0.3) is 5.91 Å². The van der Waals surface area contributed by atoms with Gasteiger partial charge in [-0.25, -0.2) is 9.97 Å². The number of hydrogen-bond donors (Lipinski definition) is 1. The number of oxazole rings is 1. The molecule has 0 saturated heterocycles. The first-order valence-electron chi connectivity index (χ1n) is 7.32. The van der Waals surface area contributed by atoms with Gasteiger partial charge in [0.1, 0.15) is 12.7 Å². The third kappa shape index (κ3) is 3.63. The smallest absolute Gasteiger partial charge is 0.289 e. The number of hydrogen-bond acceptors (Lipinski definition) is 5. The molecule has 3 rings (SSSR count). The highest BCUT2D eigenvalue weighted by molar-refractivity contribution is 5.92. The van der Waals surface area contributed by atoms with Gasteiger partial charge in [0.15, 0.2) is 6.39 Å². The summed E-state index contributed by atoms with van der Waals surface area (Å²) in [6.45, 7) is 2.39. The molecule has 2 aromatic heterocycles. The monoisotopic (exact) mass is 311 g/mol. The highest BCUT2D eigenvalue weighted by Crippen LogP contribution is 2.18. The quantitative estimate of drug-likeness (QED) is 0.753. The standard InChI is InChI=1S/C16H17N5O2/c1-12-15(23-11-18-12)16(22)20-14(13-5-3-2-4-6-13)7-8-21-10-17-9-19-21/h2-6,9-11,14H,7-8H2,1H3,(H,20,22). The Bertz CT molecular complexity index is 752. The summed E-state index contributed by atoms with van der Waals surface area (Å²) in [5, 5.41) is 7.09. The Morgan fingerprint density at radius 3 is 2.83 bits per heavy atom. The molecule has 1 atom stereocenters. The van der Waals surface area contributed by atoms with Gasteiger partial charge in [-0.1, -0.05) is 30.3 Å². The van der Waals surface area contributed by atoms with Crippen molar-refractivity contribution in [1.82, 2.24) is 25.1 Å². The number of benzene rings is 1. The first kappa shape index (κ1) is 15.0. The van der Waals surface area contributed by atoms with Crippen molar-refractivity contribution < 1.29 is 9.21 Å². The zero-order chi connectivity index (χ0) is 16.1. The molecule has 0 bridgehead atoms.